The molecule has 1 aromatic heterocycles. The van der Waals surface area contributed by atoms with Crippen LogP contribution in [0.4, 0.5) is 18.9 Å². The largest absolute Gasteiger partial charge is 0.489 e. The molecule has 1 heterocycles. The zero-order chi connectivity index (χ0) is 30.7. The van der Waals surface area contributed by atoms with Crippen LogP contribution in [0.15, 0.2) is 102 Å². The Balaban J connectivity index is 1.43. The third kappa shape index (κ3) is 6.75. The van der Waals surface area contributed by atoms with E-state index in [0.717, 1.165) is 28.3 Å². The molecule has 5 aromatic rings. The maximum atomic E-state index is 13.9. The molecule has 0 bridgehead atoms. The summed E-state index contributed by atoms with van der Waals surface area (Å²) in [5.41, 5.74) is 7.93. The average Bonchev–Trinajstić information content (AvgIpc) is 2.97. The first-order valence-electron chi connectivity index (χ1n) is 13.7. The summed E-state index contributed by atoms with van der Waals surface area (Å²) in [5.74, 6) is 1.78. The van der Waals surface area contributed by atoms with E-state index in [1.165, 1.54) is 4.57 Å². The van der Waals surface area contributed by atoms with Gasteiger partial charge in [-0.15, -0.1) is 0 Å². The molecule has 0 fully saturated rings. The topological polar surface area (TPSA) is 66.5 Å². The smallest absolute Gasteiger partial charge is 0.418 e. The van der Waals surface area contributed by atoms with Gasteiger partial charge in [-0.2, -0.15) is 13.2 Å². The van der Waals surface area contributed by atoms with Gasteiger partial charge >= 0.3 is 6.18 Å². The molecule has 0 aliphatic carbocycles. The van der Waals surface area contributed by atoms with Gasteiger partial charge in [-0.1, -0.05) is 54.1 Å². The van der Waals surface area contributed by atoms with Crippen LogP contribution in [-0.2, 0) is 19.3 Å². The number of nitrogens with two attached hydrogens (primary N) is 1. The maximum absolute atomic E-state index is 13.9. The van der Waals surface area contributed by atoms with Gasteiger partial charge in [0.05, 0.1) is 17.8 Å². The average molecular weight is 585 g/mol. The Morgan fingerprint density at radius 3 is 2.14 bits per heavy atom. The number of alkyl halides is 3. The molecular weight excluding hydrogens is 553 g/mol. The standard InChI is InChI=1S/C35H31F3N2O3/c1-22-9-10-27(23(2)17-22)20-40-31(19-30(35(36,37)38)33(39)34(40)41)26-11-16-32(24(3)18-26)43-29-14-12-28(13-15-29)42-21-25-7-5-4-6-8-25/h4-19H,20-21,39H2,1-3H3. The molecule has 0 saturated carbocycles. The molecule has 0 aliphatic rings. The van der Waals surface area contributed by atoms with Gasteiger partial charge < -0.3 is 19.8 Å². The van der Waals surface area contributed by atoms with Gasteiger partial charge in [0, 0.05) is 0 Å². The van der Waals surface area contributed by atoms with Gasteiger partial charge in [0.2, 0.25) is 0 Å². The minimum Gasteiger partial charge on any atom is -0.489 e. The predicted molar refractivity (Wildman–Crippen MR) is 163 cm³/mol. The number of nitrogens with zero attached hydrogens (tertiary/aromatic N) is 1. The number of halogens is 3. The van der Waals surface area contributed by atoms with Crippen molar-refractivity contribution in [2.75, 3.05) is 5.73 Å². The first kappa shape index (κ1) is 29.5. The zero-order valence-electron chi connectivity index (χ0n) is 24.0. The van der Waals surface area contributed by atoms with Crippen molar-refractivity contribution in [3.63, 3.8) is 0 Å². The number of rotatable bonds is 8. The summed E-state index contributed by atoms with van der Waals surface area (Å²) >= 11 is 0. The van der Waals surface area contributed by atoms with E-state index >= 15 is 0 Å². The Kier molecular flexibility index (Phi) is 8.30. The number of benzene rings is 4. The summed E-state index contributed by atoms with van der Waals surface area (Å²) in [6, 6.07) is 28.7. The molecule has 0 saturated heterocycles. The minimum absolute atomic E-state index is 0.0681. The predicted octanol–water partition coefficient (Wildman–Crippen LogP) is 8.46. The van der Waals surface area contributed by atoms with E-state index in [0.29, 0.717) is 35.0 Å². The number of nitrogen functional groups attached to an aromatic ring is 1. The van der Waals surface area contributed by atoms with E-state index in [4.69, 9.17) is 15.2 Å². The fourth-order valence-electron chi connectivity index (χ4n) is 4.88. The van der Waals surface area contributed by atoms with Crippen molar-refractivity contribution in [1.29, 1.82) is 0 Å². The highest BCUT2D eigenvalue weighted by molar-refractivity contribution is 5.67. The van der Waals surface area contributed by atoms with E-state index in [-0.39, 0.29) is 12.2 Å². The summed E-state index contributed by atoms with van der Waals surface area (Å²) in [6.45, 7) is 6.16. The minimum atomic E-state index is -4.79. The van der Waals surface area contributed by atoms with Crippen molar-refractivity contribution in [2.45, 2.75) is 40.1 Å². The van der Waals surface area contributed by atoms with Crippen LogP contribution in [0.3, 0.4) is 0 Å². The highest BCUT2D eigenvalue weighted by Gasteiger charge is 2.35. The molecule has 220 valence electrons. The number of hydrogen-bond donors (Lipinski definition) is 1. The molecule has 0 atom stereocenters. The lowest BCUT2D eigenvalue weighted by Crippen LogP contribution is -2.29. The van der Waals surface area contributed by atoms with Crippen LogP contribution in [0.25, 0.3) is 11.3 Å². The van der Waals surface area contributed by atoms with E-state index < -0.39 is 23.0 Å². The molecular formula is C35H31F3N2O3. The normalized spacial score (nSPS) is 11.4. The highest BCUT2D eigenvalue weighted by Crippen LogP contribution is 2.36. The Morgan fingerprint density at radius 1 is 0.791 bits per heavy atom. The molecule has 8 heteroatoms. The highest BCUT2D eigenvalue weighted by atomic mass is 19.4. The van der Waals surface area contributed by atoms with Gasteiger partial charge in [-0.05, 0) is 97.1 Å². The van der Waals surface area contributed by atoms with Gasteiger partial charge in [0.25, 0.3) is 5.56 Å². The molecule has 5 rings (SSSR count). The van der Waals surface area contributed by atoms with Crippen LogP contribution in [0.1, 0.15) is 33.4 Å². The third-order valence-electron chi connectivity index (χ3n) is 7.24. The molecule has 43 heavy (non-hydrogen) atoms. The van der Waals surface area contributed by atoms with Gasteiger partial charge in [0.1, 0.15) is 29.5 Å². The Bertz CT molecular complexity index is 1810. The van der Waals surface area contributed by atoms with Crippen LogP contribution < -0.4 is 20.8 Å². The van der Waals surface area contributed by atoms with Crippen molar-refractivity contribution < 1.29 is 22.6 Å². The summed E-state index contributed by atoms with van der Waals surface area (Å²) in [6.07, 6.45) is -4.79. The van der Waals surface area contributed by atoms with Crippen LogP contribution in [0, 0.1) is 20.8 Å². The summed E-state index contributed by atoms with van der Waals surface area (Å²) in [5, 5.41) is 0. The summed E-state index contributed by atoms with van der Waals surface area (Å²) in [4.78, 5) is 13.3. The number of anilines is 1. The Morgan fingerprint density at radius 2 is 1.49 bits per heavy atom. The lowest BCUT2D eigenvalue weighted by Gasteiger charge is -2.20. The summed E-state index contributed by atoms with van der Waals surface area (Å²) in [7, 11) is 0. The monoisotopic (exact) mass is 584 g/mol. The molecule has 0 amide bonds. The quantitative estimate of drug-likeness (QED) is 0.199. The van der Waals surface area contributed by atoms with Crippen molar-refractivity contribution in [1.82, 2.24) is 4.57 Å². The van der Waals surface area contributed by atoms with Gasteiger partial charge in [0.15, 0.2) is 0 Å². The SMILES string of the molecule is Cc1ccc(Cn2c(-c3ccc(Oc4ccc(OCc5ccccc5)cc4)c(C)c3)cc(C(F)(F)F)c(N)c2=O)c(C)c1. The maximum Gasteiger partial charge on any atom is 0.418 e. The fourth-order valence-corrected chi connectivity index (χ4v) is 4.88. The van der Waals surface area contributed by atoms with E-state index in [1.807, 2.05) is 62.4 Å². The zero-order valence-corrected chi connectivity index (χ0v) is 24.0. The molecule has 2 N–H and O–H groups in total. The van der Waals surface area contributed by atoms with E-state index in [2.05, 4.69) is 0 Å². The second kappa shape index (κ2) is 12.1. The van der Waals surface area contributed by atoms with Crippen LogP contribution >= 0.6 is 0 Å². The molecule has 5 nitrogen and oxygen atoms in total. The fraction of sp³-hybridized carbons (Fsp3) is 0.171. The van der Waals surface area contributed by atoms with Crippen LogP contribution in [-0.4, -0.2) is 4.57 Å². The lowest BCUT2D eigenvalue weighted by atomic mass is 10.0. The van der Waals surface area contributed by atoms with Crippen molar-refractivity contribution in [2.24, 2.45) is 0 Å². The first-order chi connectivity index (χ1) is 20.5. The van der Waals surface area contributed by atoms with Gasteiger partial charge in [-0.25, -0.2) is 0 Å². The third-order valence-corrected chi connectivity index (χ3v) is 7.24. The number of aryl methyl sites for hydroxylation is 3. The Labute approximate surface area is 248 Å². The Hall–Kier alpha value is -4.98. The summed E-state index contributed by atoms with van der Waals surface area (Å²) < 4.78 is 54.8. The number of pyridine rings is 1. The van der Waals surface area contributed by atoms with Crippen molar-refractivity contribution in [3.05, 3.63) is 141 Å². The first-order valence-corrected chi connectivity index (χ1v) is 13.7. The number of hydrogen-bond acceptors (Lipinski definition) is 4. The molecule has 0 spiro atoms. The van der Waals surface area contributed by atoms with Crippen LogP contribution in [0.2, 0.25) is 0 Å². The van der Waals surface area contributed by atoms with Crippen molar-refractivity contribution in [3.8, 4) is 28.5 Å². The molecule has 0 aliphatic heterocycles. The van der Waals surface area contributed by atoms with Crippen molar-refractivity contribution >= 4 is 5.69 Å². The second-order valence-corrected chi connectivity index (χ2v) is 10.5. The number of ether oxygens (including phenoxy) is 2. The van der Waals surface area contributed by atoms with Gasteiger partial charge in [-0.3, -0.25) is 4.79 Å². The van der Waals surface area contributed by atoms with E-state index in [9.17, 15) is 18.0 Å². The molecule has 0 unspecified atom stereocenters. The van der Waals surface area contributed by atoms with Crippen LogP contribution in [0.5, 0.6) is 17.2 Å². The molecule has 0 radical (unpaired) electrons. The van der Waals surface area contributed by atoms with E-state index in [1.54, 1.807) is 49.4 Å². The second-order valence-electron chi connectivity index (χ2n) is 10.5. The molecule has 4 aromatic carbocycles. The number of aromatic nitrogens is 1. The lowest BCUT2D eigenvalue weighted by molar-refractivity contribution is -0.137.